The summed E-state index contributed by atoms with van der Waals surface area (Å²) in [6.07, 6.45) is 1.86. The topological polar surface area (TPSA) is 73.2 Å². The van der Waals surface area contributed by atoms with Crippen molar-refractivity contribution in [2.45, 2.75) is 31.8 Å². The SMILES string of the molecule is CCOC(=O)c1c(NC(=O)c2ccc(Cl)cc2)nc(SC)n1-c1ccc(C(C)C)cc1. The van der Waals surface area contributed by atoms with Crippen molar-refractivity contribution in [2.24, 2.45) is 0 Å². The summed E-state index contributed by atoms with van der Waals surface area (Å²) in [5, 5.41) is 3.84. The monoisotopic (exact) mass is 457 g/mol. The zero-order valence-corrected chi connectivity index (χ0v) is 19.4. The van der Waals surface area contributed by atoms with E-state index in [0.29, 0.717) is 21.7 Å². The van der Waals surface area contributed by atoms with Crippen molar-refractivity contribution in [1.29, 1.82) is 0 Å². The van der Waals surface area contributed by atoms with Gasteiger partial charge in [-0.2, -0.15) is 0 Å². The minimum Gasteiger partial charge on any atom is -0.461 e. The minimum atomic E-state index is -0.561. The lowest BCUT2D eigenvalue weighted by Gasteiger charge is -2.13. The van der Waals surface area contributed by atoms with Gasteiger partial charge in [-0.25, -0.2) is 9.78 Å². The number of anilines is 1. The number of benzene rings is 2. The summed E-state index contributed by atoms with van der Waals surface area (Å²) in [6.45, 7) is 6.18. The summed E-state index contributed by atoms with van der Waals surface area (Å²) in [4.78, 5) is 30.1. The van der Waals surface area contributed by atoms with Crippen LogP contribution in [0.15, 0.2) is 53.7 Å². The fraction of sp³-hybridized carbons (Fsp3) is 0.261. The van der Waals surface area contributed by atoms with Crippen LogP contribution in [0.25, 0.3) is 5.69 Å². The number of thioether (sulfide) groups is 1. The second-order valence-corrected chi connectivity index (χ2v) is 8.27. The number of rotatable bonds is 7. The van der Waals surface area contributed by atoms with Gasteiger partial charge in [0.25, 0.3) is 5.91 Å². The molecule has 3 aromatic rings. The van der Waals surface area contributed by atoms with Crippen LogP contribution >= 0.6 is 23.4 Å². The molecule has 6 nitrogen and oxygen atoms in total. The average Bonchev–Trinajstić information content (AvgIpc) is 3.12. The number of nitrogens with one attached hydrogen (secondary N) is 1. The zero-order valence-electron chi connectivity index (χ0n) is 17.8. The molecule has 1 N–H and O–H groups in total. The number of hydrogen-bond acceptors (Lipinski definition) is 5. The number of ether oxygens (including phenoxy) is 1. The van der Waals surface area contributed by atoms with Gasteiger partial charge in [0.1, 0.15) is 0 Å². The molecule has 2 aromatic carbocycles. The van der Waals surface area contributed by atoms with Gasteiger partial charge in [-0.3, -0.25) is 9.36 Å². The maximum absolute atomic E-state index is 12.9. The van der Waals surface area contributed by atoms with Crippen LogP contribution in [-0.4, -0.2) is 34.3 Å². The Morgan fingerprint density at radius 2 is 1.77 bits per heavy atom. The number of hydrogen-bond donors (Lipinski definition) is 1. The molecule has 0 bridgehead atoms. The van der Waals surface area contributed by atoms with Crippen LogP contribution in [0.2, 0.25) is 5.02 Å². The Morgan fingerprint density at radius 3 is 2.32 bits per heavy atom. The van der Waals surface area contributed by atoms with Gasteiger partial charge < -0.3 is 10.1 Å². The molecule has 0 saturated heterocycles. The van der Waals surface area contributed by atoms with Crippen LogP contribution in [0.1, 0.15) is 53.1 Å². The van der Waals surface area contributed by atoms with Crippen LogP contribution in [-0.2, 0) is 4.74 Å². The Morgan fingerprint density at radius 1 is 1.13 bits per heavy atom. The molecule has 0 aliphatic heterocycles. The Hall–Kier alpha value is -2.77. The number of carbonyl (C=O) groups excluding carboxylic acids is 2. The Balaban J connectivity index is 2.07. The third-order valence-electron chi connectivity index (χ3n) is 4.65. The van der Waals surface area contributed by atoms with Gasteiger partial charge in [0.15, 0.2) is 16.7 Å². The Kier molecular flexibility index (Phi) is 7.41. The molecule has 0 aliphatic rings. The van der Waals surface area contributed by atoms with E-state index in [2.05, 4.69) is 24.1 Å². The lowest BCUT2D eigenvalue weighted by molar-refractivity contribution is 0.0517. The van der Waals surface area contributed by atoms with Crippen molar-refractivity contribution in [2.75, 3.05) is 18.2 Å². The van der Waals surface area contributed by atoms with Gasteiger partial charge in [0.05, 0.1) is 6.61 Å². The van der Waals surface area contributed by atoms with E-state index in [9.17, 15) is 9.59 Å². The molecule has 8 heteroatoms. The summed E-state index contributed by atoms with van der Waals surface area (Å²) in [7, 11) is 0. The molecule has 0 spiro atoms. The molecule has 0 radical (unpaired) electrons. The lowest BCUT2D eigenvalue weighted by Crippen LogP contribution is -2.18. The van der Waals surface area contributed by atoms with E-state index in [1.807, 2.05) is 30.5 Å². The van der Waals surface area contributed by atoms with Crippen molar-refractivity contribution in [3.63, 3.8) is 0 Å². The van der Waals surface area contributed by atoms with E-state index in [1.54, 1.807) is 35.8 Å². The molecule has 1 heterocycles. The summed E-state index contributed by atoms with van der Waals surface area (Å²) < 4.78 is 6.99. The van der Waals surface area contributed by atoms with Crippen LogP contribution in [0.3, 0.4) is 0 Å². The second-order valence-electron chi connectivity index (χ2n) is 7.06. The Bertz CT molecular complexity index is 1080. The standard InChI is InChI=1S/C23H24ClN3O3S/c1-5-30-22(29)19-20(25-21(28)16-6-10-17(24)11-7-16)26-23(31-4)27(19)18-12-8-15(9-13-18)14(2)3/h6-14H,5H2,1-4H3,(H,25,28). The molecule has 0 saturated carbocycles. The molecule has 0 atom stereocenters. The van der Waals surface area contributed by atoms with Crippen molar-refractivity contribution in [3.8, 4) is 5.69 Å². The average molecular weight is 458 g/mol. The molecular formula is C23H24ClN3O3S. The van der Waals surface area contributed by atoms with Crippen molar-refractivity contribution < 1.29 is 14.3 Å². The summed E-state index contributed by atoms with van der Waals surface area (Å²) in [5.74, 6) is -0.421. The van der Waals surface area contributed by atoms with Gasteiger partial charge in [-0.1, -0.05) is 49.3 Å². The van der Waals surface area contributed by atoms with E-state index < -0.39 is 11.9 Å². The van der Waals surface area contributed by atoms with Crippen LogP contribution in [0.4, 0.5) is 5.82 Å². The molecule has 162 valence electrons. The smallest absolute Gasteiger partial charge is 0.359 e. The molecule has 0 unspecified atom stereocenters. The van der Waals surface area contributed by atoms with Crippen LogP contribution < -0.4 is 5.32 Å². The summed E-state index contributed by atoms with van der Waals surface area (Å²) in [5.41, 5.74) is 2.52. The van der Waals surface area contributed by atoms with Crippen molar-refractivity contribution in [3.05, 3.63) is 70.4 Å². The zero-order chi connectivity index (χ0) is 22.5. The molecule has 1 aromatic heterocycles. The second kappa shape index (κ2) is 10.0. The number of carbonyl (C=O) groups is 2. The number of imidazole rings is 1. The lowest BCUT2D eigenvalue weighted by atomic mass is 10.0. The highest BCUT2D eigenvalue weighted by atomic mass is 35.5. The van der Waals surface area contributed by atoms with E-state index in [1.165, 1.54) is 17.3 Å². The van der Waals surface area contributed by atoms with Crippen LogP contribution in [0.5, 0.6) is 0 Å². The van der Waals surface area contributed by atoms with Crippen molar-refractivity contribution >= 4 is 41.1 Å². The minimum absolute atomic E-state index is 0.149. The van der Waals surface area contributed by atoms with Gasteiger partial charge in [-0.05, 0) is 61.1 Å². The first kappa shape index (κ1) is 22.9. The molecule has 0 aliphatic carbocycles. The Labute approximate surface area is 191 Å². The molecule has 3 rings (SSSR count). The molecular weight excluding hydrogens is 434 g/mol. The summed E-state index contributed by atoms with van der Waals surface area (Å²) >= 11 is 7.28. The first-order chi connectivity index (χ1) is 14.8. The predicted molar refractivity (Wildman–Crippen MR) is 125 cm³/mol. The fourth-order valence-electron chi connectivity index (χ4n) is 3.04. The van der Waals surface area contributed by atoms with Gasteiger partial charge in [-0.15, -0.1) is 0 Å². The quantitative estimate of drug-likeness (QED) is 0.358. The van der Waals surface area contributed by atoms with Gasteiger partial charge in [0.2, 0.25) is 0 Å². The first-order valence-electron chi connectivity index (χ1n) is 9.86. The maximum Gasteiger partial charge on any atom is 0.359 e. The van der Waals surface area contributed by atoms with Gasteiger partial charge >= 0.3 is 5.97 Å². The normalized spacial score (nSPS) is 10.9. The van der Waals surface area contributed by atoms with Crippen LogP contribution in [0, 0.1) is 0 Å². The molecule has 31 heavy (non-hydrogen) atoms. The number of amides is 1. The third kappa shape index (κ3) is 5.11. The predicted octanol–water partition coefficient (Wildman–Crippen LogP) is 5.80. The van der Waals surface area contributed by atoms with E-state index in [-0.39, 0.29) is 18.1 Å². The highest BCUT2D eigenvalue weighted by Gasteiger charge is 2.26. The maximum atomic E-state index is 12.9. The highest BCUT2D eigenvalue weighted by Crippen LogP contribution is 2.30. The number of esters is 1. The van der Waals surface area contributed by atoms with E-state index in [0.717, 1.165) is 5.69 Å². The first-order valence-corrected chi connectivity index (χ1v) is 11.5. The fourth-order valence-corrected chi connectivity index (χ4v) is 3.73. The number of halogens is 1. The van der Waals surface area contributed by atoms with E-state index >= 15 is 0 Å². The van der Waals surface area contributed by atoms with Crippen molar-refractivity contribution in [1.82, 2.24) is 9.55 Å². The molecule has 1 amide bonds. The number of nitrogens with zero attached hydrogens (tertiary/aromatic N) is 2. The third-order valence-corrected chi connectivity index (χ3v) is 5.55. The largest absolute Gasteiger partial charge is 0.461 e. The number of aromatic nitrogens is 2. The molecule has 0 fully saturated rings. The van der Waals surface area contributed by atoms with E-state index in [4.69, 9.17) is 16.3 Å². The van der Waals surface area contributed by atoms with Gasteiger partial charge in [0, 0.05) is 16.3 Å². The summed E-state index contributed by atoms with van der Waals surface area (Å²) in [6, 6.07) is 14.4. The highest BCUT2D eigenvalue weighted by molar-refractivity contribution is 7.98.